The molecule has 1 amide bonds. The number of fused-ring (bicyclic) bond motifs is 1. The molecule has 1 aromatic rings. The molecule has 1 aromatic carbocycles. The summed E-state index contributed by atoms with van der Waals surface area (Å²) in [5.41, 5.74) is -0.713. The van der Waals surface area contributed by atoms with Crippen LogP contribution in [0.5, 0.6) is 5.75 Å². The molecule has 1 aliphatic carbocycles. The number of methoxy groups -OCH3 is 1. The standard InChI is InChI=1S/C29H41N3O6/c1-7-27-11-8-13-32-14-12-28(23(27)32)21-10-9-20(36-6)15-22(21)31(5)24(28)29(35,25(27)38-19(4)33)17-37-26(34)30-16-18(2)3/h8-11,15,18,23-25,35H,7,12-14,16-17H2,1-6H3,(H,30,34)/t23-,24+,25+,27?,28+,29-/m0/s1. The van der Waals surface area contributed by atoms with Gasteiger partial charge in [0.25, 0.3) is 0 Å². The van der Waals surface area contributed by atoms with Crippen molar-refractivity contribution in [1.29, 1.82) is 0 Å². The fourth-order valence-electron chi connectivity index (χ4n) is 8.13. The number of benzene rings is 1. The van der Waals surface area contributed by atoms with Gasteiger partial charge in [0, 0.05) is 55.7 Å². The highest BCUT2D eigenvalue weighted by molar-refractivity contribution is 5.72. The SMILES string of the molecule is CCC12C=CCN3CC[C@@]4(c5ccc(OC)cc5N(C)[C@H]4[C@@](O)(COC(=O)NCC(C)C)[C@@H]1OC(C)=O)[C@@H]32. The smallest absolute Gasteiger partial charge is 0.407 e. The van der Waals surface area contributed by atoms with Crippen molar-refractivity contribution in [2.24, 2.45) is 11.3 Å². The molecule has 3 heterocycles. The first-order chi connectivity index (χ1) is 18.0. The highest BCUT2D eigenvalue weighted by Gasteiger charge is 2.78. The summed E-state index contributed by atoms with van der Waals surface area (Å²) in [6.45, 7) is 9.27. The number of likely N-dealkylation sites (N-methyl/N-ethyl adjacent to an activating group) is 1. The van der Waals surface area contributed by atoms with Gasteiger partial charge in [-0.1, -0.05) is 39.0 Å². The minimum atomic E-state index is -1.69. The van der Waals surface area contributed by atoms with Crippen LogP contribution in [0.4, 0.5) is 10.5 Å². The number of carbonyl (C=O) groups is 2. The van der Waals surface area contributed by atoms with Gasteiger partial charge in [-0.15, -0.1) is 0 Å². The Morgan fingerprint density at radius 1 is 1.26 bits per heavy atom. The minimum absolute atomic E-state index is 0.00788. The summed E-state index contributed by atoms with van der Waals surface area (Å²) in [6, 6.07) is 5.60. The molecular formula is C29H41N3O6. The summed E-state index contributed by atoms with van der Waals surface area (Å²) in [5.74, 6) is 0.514. The topological polar surface area (TPSA) is 101 Å². The Bertz CT molecular complexity index is 1140. The highest BCUT2D eigenvalue weighted by atomic mass is 16.6. The largest absolute Gasteiger partial charge is 0.497 e. The van der Waals surface area contributed by atoms with E-state index in [-0.39, 0.29) is 18.6 Å². The predicted octanol–water partition coefficient (Wildman–Crippen LogP) is 2.85. The van der Waals surface area contributed by atoms with Crippen molar-refractivity contribution >= 4 is 17.7 Å². The molecule has 1 spiro atoms. The summed E-state index contributed by atoms with van der Waals surface area (Å²) >= 11 is 0. The number of carbonyl (C=O) groups excluding carboxylic acids is 2. The first-order valence-electron chi connectivity index (χ1n) is 13.7. The molecule has 0 aromatic heterocycles. The molecule has 5 rings (SSSR count). The van der Waals surface area contributed by atoms with Crippen molar-refractivity contribution in [3.63, 3.8) is 0 Å². The molecule has 9 nitrogen and oxygen atoms in total. The van der Waals surface area contributed by atoms with E-state index < -0.39 is 40.6 Å². The van der Waals surface area contributed by atoms with E-state index in [2.05, 4.69) is 40.3 Å². The van der Waals surface area contributed by atoms with Gasteiger partial charge < -0.3 is 29.5 Å². The van der Waals surface area contributed by atoms with E-state index in [1.165, 1.54) is 6.92 Å². The molecule has 3 aliphatic heterocycles. The summed E-state index contributed by atoms with van der Waals surface area (Å²) < 4.78 is 17.4. The van der Waals surface area contributed by atoms with Gasteiger partial charge in [-0.25, -0.2) is 4.79 Å². The number of rotatable bonds is 7. The molecular weight excluding hydrogens is 486 g/mol. The van der Waals surface area contributed by atoms with Crippen molar-refractivity contribution in [2.45, 2.75) is 69.7 Å². The van der Waals surface area contributed by atoms with Crippen LogP contribution >= 0.6 is 0 Å². The Morgan fingerprint density at radius 2 is 2.03 bits per heavy atom. The lowest BCUT2D eigenvalue weighted by Crippen LogP contribution is -2.80. The molecule has 2 N–H and O–H groups in total. The zero-order chi connectivity index (χ0) is 27.5. The van der Waals surface area contributed by atoms with Gasteiger partial charge in [0.1, 0.15) is 18.5 Å². The molecule has 1 unspecified atom stereocenters. The molecule has 1 saturated carbocycles. The van der Waals surface area contributed by atoms with E-state index in [0.29, 0.717) is 13.0 Å². The maximum atomic E-state index is 12.9. The fraction of sp³-hybridized carbons (Fsp3) is 0.655. The maximum absolute atomic E-state index is 12.9. The summed E-state index contributed by atoms with van der Waals surface area (Å²) in [4.78, 5) is 29.9. The number of ether oxygens (including phenoxy) is 3. The minimum Gasteiger partial charge on any atom is -0.497 e. The molecule has 0 radical (unpaired) electrons. The average molecular weight is 528 g/mol. The van der Waals surface area contributed by atoms with Crippen LogP contribution in [0, 0.1) is 11.3 Å². The van der Waals surface area contributed by atoms with Gasteiger partial charge in [0.15, 0.2) is 5.60 Å². The lowest BCUT2D eigenvalue weighted by Gasteiger charge is -2.64. The van der Waals surface area contributed by atoms with Gasteiger partial charge in [-0.3, -0.25) is 9.69 Å². The van der Waals surface area contributed by atoms with Crippen LogP contribution in [-0.4, -0.2) is 86.3 Å². The van der Waals surface area contributed by atoms with Gasteiger partial charge in [-0.05, 0) is 36.9 Å². The number of nitrogens with zero attached hydrogens (tertiary/aromatic N) is 2. The average Bonchev–Trinajstić information content (AvgIpc) is 3.40. The van der Waals surface area contributed by atoms with Gasteiger partial charge in [0.05, 0.1) is 13.2 Å². The van der Waals surface area contributed by atoms with Crippen molar-refractivity contribution in [1.82, 2.24) is 10.2 Å². The summed E-state index contributed by atoms with van der Waals surface area (Å²) in [6.07, 6.45) is 4.23. The second-order valence-electron chi connectivity index (χ2n) is 11.8. The first kappa shape index (κ1) is 26.8. The van der Waals surface area contributed by atoms with E-state index in [1.54, 1.807) is 7.11 Å². The number of aliphatic hydroxyl groups is 1. The number of hydrogen-bond donors (Lipinski definition) is 2. The van der Waals surface area contributed by atoms with Gasteiger partial charge in [0.2, 0.25) is 0 Å². The third kappa shape index (κ3) is 3.65. The van der Waals surface area contributed by atoms with Crippen molar-refractivity contribution in [3.8, 4) is 5.75 Å². The Morgan fingerprint density at radius 3 is 2.68 bits per heavy atom. The maximum Gasteiger partial charge on any atom is 0.407 e. The monoisotopic (exact) mass is 527 g/mol. The number of hydrogen-bond acceptors (Lipinski definition) is 8. The van der Waals surface area contributed by atoms with Crippen LogP contribution in [0.15, 0.2) is 30.4 Å². The third-order valence-corrected chi connectivity index (χ3v) is 9.31. The van der Waals surface area contributed by atoms with E-state index in [1.807, 2.05) is 33.0 Å². The van der Waals surface area contributed by atoms with Crippen molar-refractivity contribution < 1.29 is 28.9 Å². The molecule has 6 atom stereocenters. The van der Waals surface area contributed by atoms with Crippen LogP contribution in [0.1, 0.15) is 46.1 Å². The summed E-state index contributed by atoms with van der Waals surface area (Å²) in [7, 11) is 3.61. The lowest BCUT2D eigenvalue weighted by atomic mass is 9.48. The van der Waals surface area contributed by atoms with Crippen LogP contribution in [0.3, 0.4) is 0 Å². The van der Waals surface area contributed by atoms with E-state index in [9.17, 15) is 14.7 Å². The Balaban J connectivity index is 1.69. The third-order valence-electron chi connectivity index (χ3n) is 9.31. The van der Waals surface area contributed by atoms with Crippen molar-refractivity contribution in [2.75, 3.05) is 45.3 Å². The number of anilines is 1. The first-order valence-corrected chi connectivity index (χ1v) is 13.7. The Labute approximate surface area is 225 Å². The number of alkyl carbamates (subject to hydrolysis) is 1. The molecule has 9 heteroatoms. The summed E-state index contributed by atoms with van der Waals surface area (Å²) in [5, 5.41) is 15.7. The van der Waals surface area contributed by atoms with Crippen LogP contribution < -0.4 is 15.0 Å². The van der Waals surface area contributed by atoms with E-state index >= 15 is 0 Å². The Kier molecular flexibility index (Phi) is 6.67. The molecule has 4 aliphatic rings. The normalized spacial score (nSPS) is 34.9. The van der Waals surface area contributed by atoms with Crippen LogP contribution in [0.2, 0.25) is 0 Å². The Hall–Kier alpha value is -2.78. The zero-order valence-electron chi connectivity index (χ0n) is 23.3. The molecule has 0 bridgehead atoms. The number of amides is 1. The second-order valence-corrected chi connectivity index (χ2v) is 11.8. The molecule has 1 saturated heterocycles. The molecule has 2 fully saturated rings. The van der Waals surface area contributed by atoms with Crippen LogP contribution in [-0.2, 0) is 19.7 Å². The van der Waals surface area contributed by atoms with E-state index in [0.717, 1.165) is 36.5 Å². The van der Waals surface area contributed by atoms with E-state index in [4.69, 9.17) is 14.2 Å². The van der Waals surface area contributed by atoms with Crippen molar-refractivity contribution in [3.05, 3.63) is 35.9 Å². The van der Waals surface area contributed by atoms with Gasteiger partial charge >= 0.3 is 12.1 Å². The second kappa shape index (κ2) is 9.45. The highest BCUT2D eigenvalue weighted by Crippen LogP contribution is 2.67. The molecule has 208 valence electrons. The zero-order valence-corrected chi connectivity index (χ0v) is 23.3. The predicted molar refractivity (Wildman–Crippen MR) is 143 cm³/mol. The van der Waals surface area contributed by atoms with Crippen LogP contribution in [0.25, 0.3) is 0 Å². The number of esters is 1. The number of nitrogens with one attached hydrogen (secondary N) is 1. The quantitative estimate of drug-likeness (QED) is 0.413. The molecule has 38 heavy (non-hydrogen) atoms. The lowest BCUT2D eigenvalue weighted by molar-refractivity contribution is -0.228. The fourth-order valence-corrected chi connectivity index (χ4v) is 8.13. The van der Waals surface area contributed by atoms with Gasteiger partial charge in [-0.2, -0.15) is 0 Å².